The van der Waals surface area contributed by atoms with Crippen LogP contribution < -0.4 is 15.4 Å². The smallest absolute Gasteiger partial charge is 0.387 e. The number of carbonyl (C=O) groups excluding carboxylic acids is 2. The van der Waals surface area contributed by atoms with Crippen molar-refractivity contribution in [3.05, 3.63) is 59.7 Å². The van der Waals surface area contributed by atoms with Gasteiger partial charge in [-0.1, -0.05) is 37.3 Å². The third kappa shape index (κ3) is 5.68. The normalized spacial score (nSPS) is 14.7. The van der Waals surface area contributed by atoms with Crippen LogP contribution in [0.15, 0.2) is 48.5 Å². The Morgan fingerprint density at radius 2 is 1.90 bits per heavy atom. The first-order valence-electron chi connectivity index (χ1n) is 9.94. The lowest BCUT2D eigenvalue weighted by Crippen LogP contribution is -2.32. The molecule has 1 unspecified atom stereocenters. The van der Waals surface area contributed by atoms with Gasteiger partial charge in [-0.3, -0.25) is 4.79 Å². The summed E-state index contributed by atoms with van der Waals surface area (Å²) in [4.78, 5) is 26.0. The van der Waals surface area contributed by atoms with Crippen LogP contribution in [0.3, 0.4) is 0 Å². The van der Waals surface area contributed by atoms with Crippen molar-refractivity contribution in [2.24, 2.45) is 0 Å². The minimum atomic E-state index is -2.94. The highest BCUT2D eigenvalue weighted by Crippen LogP contribution is 2.28. The number of nitrogens with one attached hydrogen (secondary N) is 2. The number of para-hydroxylation sites is 1. The van der Waals surface area contributed by atoms with Gasteiger partial charge in [-0.25, -0.2) is 4.79 Å². The van der Waals surface area contributed by atoms with Crippen molar-refractivity contribution < 1.29 is 23.1 Å². The highest BCUT2D eigenvalue weighted by Gasteiger charge is 2.20. The minimum Gasteiger partial charge on any atom is -0.434 e. The Hall–Kier alpha value is -3.16. The average Bonchev–Trinajstić information content (AvgIpc) is 3.12. The number of benzene rings is 2. The third-order valence-electron chi connectivity index (χ3n) is 4.98. The molecule has 0 bridgehead atoms. The molecule has 0 aromatic heterocycles. The summed E-state index contributed by atoms with van der Waals surface area (Å²) in [5, 5.41) is 5.54. The van der Waals surface area contributed by atoms with Gasteiger partial charge < -0.3 is 20.3 Å². The molecule has 1 aliphatic heterocycles. The quantitative estimate of drug-likeness (QED) is 0.655. The number of amides is 3. The van der Waals surface area contributed by atoms with Gasteiger partial charge in [-0.15, -0.1) is 0 Å². The van der Waals surface area contributed by atoms with Gasteiger partial charge in [-0.2, -0.15) is 8.78 Å². The maximum atomic E-state index is 12.7. The standard InChI is InChI=1S/C22H25F2N3O3/c1-2-18(17-6-3-4-7-19(17)30-21(23)24)26-22(29)25-16-11-9-15(10-12-16)14-27-13-5-8-20(27)28/h3-4,6-7,9-12,18,21H,2,5,8,13-14H2,1H3,(H2,25,26,29). The van der Waals surface area contributed by atoms with E-state index in [-0.39, 0.29) is 11.7 Å². The maximum absolute atomic E-state index is 12.7. The first kappa shape index (κ1) is 21.5. The summed E-state index contributed by atoms with van der Waals surface area (Å²) < 4.78 is 29.9. The number of ether oxygens (including phenoxy) is 1. The summed E-state index contributed by atoms with van der Waals surface area (Å²) in [5.74, 6) is 0.207. The first-order valence-corrected chi connectivity index (χ1v) is 9.94. The number of hydrogen-bond donors (Lipinski definition) is 2. The Bertz CT molecular complexity index is 874. The van der Waals surface area contributed by atoms with E-state index >= 15 is 0 Å². The van der Waals surface area contributed by atoms with Crippen LogP contribution in [-0.2, 0) is 11.3 Å². The molecular weight excluding hydrogens is 392 g/mol. The van der Waals surface area contributed by atoms with Crippen LogP contribution in [0.5, 0.6) is 5.75 Å². The SMILES string of the molecule is CCC(NC(=O)Nc1ccc(CN2CCCC2=O)cc1)c1ccccc1OC(F)F. The number of carbonyl (C=O) groups is 2. The first-order chi connectivity index (χ1) is 14.5. The van der Waals surface area contributed by atoms with E-state index in [0.717, 1.165) is 18.5 Å². The van der Waals surface area contributed by atoms with Crippen LogP contribution in [0.4, 0.5) is 19.3 Å². The molecule has 3 amide bonds. The van der Waals surface area contributed by atoms with Crippen molar-refractivity contribution in [2.75, 3.05) is 11.9 Å². The summed E-state index contributed by atoms with van der Waals surface area (Å²) in [7, 11) is 0. The van der Waals surface area contributed by atoms with Crippen molar-refractivity contribution in [2.45, 2.75) is 45.4 Å². The second-order valence-corrected chi connectivity index (χ2v) is 7.09. The van der Waals surface area contributed by atoms with E-state index in [2.05, 4.69) is 15.4 Å². The Kier molecular flexibility index (Phi) is 7.21. The van der Waals surface area contributed by atoms with Crippen molar-refractivity contribution in [1.29, 1.82) is 0 Å². The highest BCUT2D eigenvalue weighted by molar-refractivity contribution is 5.89. The number of anilines is 1. The number of hydrogen-bond acceptors (Lipinski definition) is 3. The highest BCUT2D eigenvalue weighted by atomic mass is 19.3. The van der Waals surface area contributed by atoms with Gasteiger partial charge >= 0.3 is 12.6 Å². The molecule has 160 valence electrons. The molecule has 0 radical (unpaired) electrons. The molecular formula is C22H25F2N3O3. The second kappa shape index (κ2) is 10.0. The van der Waals surface area contributed by atoms with Gasteiger partial charge in [0.2, 0.25) is 5.91 Å². The summed E-state index contributed by atoms with van der Waals surface area (Å²) in [5.41, 5.74) is 2.07. The number of halogens is 2. The lowest BCUT2D eigenvalue weighted by Gasteiger charge is -2.21. The molecule has 2 aromatic carbocycles. The van der Waals surface area contributed by atoms with Crippen LogP contribution >= 0.6 is 0 Å². The van der Waals surface area contributed by atoms with Crippen molar-refractivity contribution in [1.82, 2.24) is 10.2 Å². The molecule has 1 atom stereocenters. The van der Waals surface area contributed by atoms with Gasteiger partial charge in [0.05, 0.1) is 6.04 Å². The topological polar surface area (TPSA) is 70.7 Å². The maximum Gasteiger partial charge on any atom is 0.387 e. The van der Waals surface area contributed by atoms with Crippen LogP contribution in [0, 0.1) is 0 Å². The van der Waals surface area contributed by atoms with E-state index in [1.54, 1.807) is 30.3 Å². The molecule has 3 rings (SSSR count). The lowest BCUT2D eigenvalue weighted by atomic mass is 10.0. The van der Waals surface area contributed by atoms with Gasteiger partial charge in [-0.05, 0) is 36.6 Å². The summed E-state index contributed by atoms with van der Waals surface area (Å²) in [6, 6.07) is 12.7. The summed E-state index contributed by atoms with van der Waals surface area (Å²) in [6.07, 6.45) is 1.99. The van der Waals surface area contributed by atoms with Crippen LogP contribution in [0.25, 0.3) is 0 Å². The second-order valence-electron chi connectivity index (χ2n) is 7.09. The Balaban J connectivity index is 1.59. The Morgan fingerprint density at radius 3 is 2.53 bits per heavy atom. The van der Waals surface area contributed by atoms with Crippen LogP contribution in [0.2, 0.25) is 0 Å². The third-order valence-corrected chi connectivity index (χ3v) is 4.98. The fourth-order valence-corrected chi connectivity index (χ4v) is 3.48. The zero-order chi connectivity index (χ0) is 21.5. The molecule has 1 aliphatic rings. The van der Waals surface area contributed by atoms with Gasteiger partial charge in [0.1, 0.15) is 5.75 Å². The van der Waals surface area contributed by atoms with Crippen LogP contribution in [-0.4, -0.2) is 30.0 Å². The van der Waals surface area contributed by atoms with E-state index in [9.17, 15) is 18.4 Å². The fourth-order valence-electron chi connectivity index (χ4n) is 3.48. The van der Waals surface area contributed by atoms with E-state index in [4.69, 9.17) is 0 Å². The van der Waals surface area contributed by atoms with E-state index in [0.29, 0.717) is 30.6 Å². The van der Waals surface area contributed by atoms with Gasteiger partial charge in [0.25, 0.3) is 0 Å². The monoisotopic (exact) mass is 417 g/mol. The molecule has 1 heterocycles. The zero-order valence-corrected chi connectivity index (χ0v) is 16.7. The molecule has 2 aromatic rings. The van der Waals surface area contributed by atoms with E-state index < -0.39 is 18.7 Å². The molecule has 1 saturated heterocycles. The van der Waals surface area contributed by atoms with Gasteiger partial charge in [0, 0.05) is 30.8 Å². The fraction of sp³-hybridized carbons (Fsp3) is 0.364. The molecule has 2 N–H and O–H groups in total. The minimum absolute atomic E-state index is 0.0421. The largest absolute Gasteiger partial charge is 0.434 e. The zero-order valence-electron chi connectivity index (χ0n) is 16.7. The van der Waals surface area contributed by atoms with Crippen molar-refractivity contribution >= 4 is 17.6 Å². The summed E-state index contributed by atoms with van der Waals surface area (Å²) >= 11 is 0. The van der Waals surface area contributed by atoms with E-state index in [1.807, 2.05) is 24.0 Å². The molecule has 1 fully saturated rings. The van der Waals surface area contributed by atoms with Gasteiger partial charge in [0.15, 0.2) is 0 Å². The Morgan fingerprint density at radius 1 is 1.17 bits per heavy atom. The molecule has 0 saturated carbocycles. The number of urea groups is 1. The lowest BCUT2D eigenvalue weighted by molar-refractivity contribution is -0.128. The molecule has 8 heteroatoms. The number of nitrogens with zero attached hydrogens (tertiary/aromatic N) is 1. The predicted molar refractivity (Wildman–Crippen MR) is 109 cm³/mol. The summed E-state index contributed by atoms with van der Waals surface area (Å²) in [6.45, 7) is 0.242. The van der Waals surface area contributed by atoms with Crippen molar-refractivity contribution in [3.8, 4) is 5.75 Å². The molecule has 30 heavy (non-hydrogen) atoms. The molecule has 0 spiro atoms. The number of alkyl halides is 2. The Labute approximate surface area is 174 Å². The van der Waals surface area contributed by atoms with Crippen LogP contribution in [0.1, 0.15) is 43.4 Å². The predicted octanol–water partition coefficient (Wildman–Crippen LogP) is 4.68. The van der Waals surface area contributed by atoms with Crippen molar-refractivity contribution in [3.63, 3.8) is 0 Å². The average molecular weight is 417 g/mol. The van der Waals surface area contributed by atoms with E-state index in [1.165, 1.54) is 6.07 Å². The molecule has 6 nitrogen and oxygen atoms in total. The molecule has 0 aliphatic carbocycles. The number of rotatable bonds is 8. The number of likely N-dealkylation sites (tertiary alicyclic amines) is 1.